The monoisotopic (exact) mass is 280 g/mol. The van der Waals surface area contributed by atoms with Crippen LogP contribution in [0.25, 0.3) is 0 Å². The van der Waals surface area contributed by atoms with E-state index in [0.29, 0.717) is 17.9 Å². The lowest BCUT2D eigenvalue weighted by molar-refractivity contribution is 0.0950. The number of carbonyl (C=O) groups is 1. The van der Waals surface area contributed by atoms with E-state index in [1.807, 2.05) is 0 Å². The average molecular weight is 280 g/mol. The predicted molar refractivity (Wildman–Crippen MR) is 75.1 cm³/mol. The Labute approximate surface area is 114 Å². The molecule has 1 aromatic carbocycles. The fourth-order valence-corrected chi connectivity index (χ4v) is 3.29. The highest BCUT2D eigenvalue weighted by atomic mass is 32.2. The van der Waals surface area contributed by atoms with Crippen molar-refractivity contribution in [2.24, 2.45) is 5.92 Å². The summed E-state index contributed by atoms with van der Waals surface area (Å²) in [7, 11) is -3.18. The van der Waals surface area contributed by atoms with Crippen LogP contribution in [0.15, 0.2) is 29.2 Å². The van der Waals surface area contributed by atoms with Gasteiger partial charge in [0.2, 0.25) is 0 Å². The molecule has 1 saturated carbocycles. The van der Waals surface area contributed by atoms with Crippen LogP contribution in [0.2, 0.25) is 0 Å². The molecule has 0 aromatic heterocycles. The van der Waals surface area contributed by atoms with E-state index in [0.717, 1.165) is 12.8 Å². The minimum Gasteiger partial charge on any atom is -0.294 e. The Balaban J connectivity index is 2.03. The number of benzene rings is 1. The lowest BCUT2D eigenvalue weighted by Crippen LogP contribution is -2.12. The molecule has 19 heavy (non-hydrogen) atoms. The molecule has 0 unspecified atom stereocenters. The molecule has 0 N–H and O–H groups in total. The van der Waals surface area contributed by atoms with Crippen molar-refractivity contribution in [3.05, 3.63) is 29.8 Å². The summed E-state index contributed by atoms with van der Waals surface area (Å²) < 4.78 is 22.7. The molecule has 0 saturated heterocycles. The highest BCUT2D eigenvalue weighted by Gasteiger charge is 2.18. The first-order valence-electron chi connectivity index (χ1n) is 6.80. The summed E-state index contributed by atoms with van der Waals surface area (Å²) in [6, 6.07) is 6.29. The molecule has 2 rings (SSSR count). The zero-order chi connectivity index (χ0) is 13.9. The topological polar surface area (TPSA) is 51.2 Å². The van der Waals surface area contributed by atoms with Gasteiger partial charge in [0.1, 0.15) is 0 Å². The molecule has 0 aliphatic heterocycles. The Hall–Kier alpha value is -1.16. The molecule has 1 aromatic rings. The summed E-state index contributed by atoms with van der Waals surface area (Å²) in [4.78, 5) is 12.4. The highest BCUT2D eigenvalue weighted by molar-refractivity contribution is 7.90. The van der Waals surface area contributed by atoms with Gasteiger partial charge in [0.05, 0.1) is 4.90 Å². The number of ketones is 1. The molecule has 0 atom stereocenters. The molecule has 104 valence electrons. The Morgan fingerprint density at radius 1 is 1.11 bits per heavy atom. The fourth-order valence-electron chi connectivity index (χ4n) is 2.66. The first-order chi connectivity index (χ1) is 8.97. The molecular formula is C15H20O3S. The summed E-state index contributed by atoms with van der Waals surface area (Å²) in [5.74, 6) is 0.641. The molecule has 0 bridgehead atoms. The van der Waals surface area contributed by atoms with E-state index >= 15 is 0 Å². The van der Waals surface area contributed by atoms with E-state index in [1.54, 1.807) is 12.1 Å². The maximum Gasteiger partial charge on any atom is 0.175 e. The van der Waals surface area contributed by atoms with Crippen LogP contribution in [0.4, 0.5) is 0 Å². The van der Waals surface area contributed by atoms with Crippen molar-refractivity contribution >= 4 is 15.6 Å². The van der Waals surface area contributed by atoms with Crippen molar-refractivity contribution in [1.82, 2.24) is 0 Å². The Bertz CT molecular complexity index is 537. The van der Waals surface area contributed by atoms with E-state index in [9.17, 15) is 13.2 Å². The van der Waals surface area contributed by atoms with Gasteiger partial charge >= 0.3 is 0 Å². The Kier molecular flexibility index (Phi) is 4.40. The normalized spacial score (nSPS) is 17.3. The number of sulfone groups is 1. The molecule has 4 heteroatoms. The quantitative estimate of drug-likeness (QED) is 0.796. The van der Waals surface area contributed by atoms with Crippen molar-refractivity contribution in [3.63, 3.8) is 0 Å². The molecular weight excluding hydrogens is 260 g/mol. The van der Waals surface area contributed by atoms with Crippen LogP contribution >= 0.6 is 0 Å². The van der Waals surface area contributed by atoms with E-state index in [4.69, 9.17) is 0 Å². The molecule has 1 aliphatic carbocycles. The van der Waals surface area contributed by atoms with Crippen molar-refractivity contribution < 1.29 is 13.2 Å². The van der Waals surface area contributed by atoms with Crippen molar-refractivity contribution in [2.45, 2.75) is 43.4 Å². The zero-order valence-electron chi connectivity index (χ0n) is 11.3. The minimum absolute atomic E-state index is 0.131. The third-order valence-corrected chi connectivity index (χ3v) is 4.93. The fraction of sp³-hybridized carbons (Fsp3) is 0.533. The van der Waals surface area contributed by atoms with Crippen LogP contribution in [0.1, 0.15) is 48.9 Å². The molecule has 0 amide bonds. The van der Waals surface area contributed by atoms with Gasteiger partial charge in [-0.2, -0.15) is 0 Å². The second-order valence-electron chi connectivity index (χ2n) is 5.43. The minimum atomic E-state index is -3.18. The van der Waals surface area contributed by atoms with Crippen molar-refractivity contribution in [2.75, 3.05) is 6.26 Å². The maximum absolute atomic E-state index is 12.1. The first kappa shape index (κ1) is 14.3. The average Bonchev–Trinajstić information content (AvgIpc) is 2.39. The molecule has 1 aliphatic rings. The van der Waals surface area contributed by atoms with Crippen LogP contribution in [0.3, 0.4) is 0 Å². The van der Waals surface area contributed by atoms with E-state index < -0.39 is 9.84 Å². The maximum atomic E-state index is 12.1. The lowest BCUT2D eigenvalue weighted by atomic mass is 9.85. The zero-order valence-corrected chi connectivity index (χ0v) is 12.1. The second-order valence-corrected chi connectivity index (χ2v) is 7.44. The van der Waals surface area contributed by atoms with Gasteiger partial charge in [-0.1, -0.05) is 44.2 Å². The van der Waals surface area contributed by atoms with Crippen LogP contribution in [-0.4, -0.2) is 20.5 Å². The molecule has 0 spiro atoms. The summed E-state index contributed by atoms with van der Waals surface area (Å²) in [5, 5.41) is 0. The third-order valence-electron chi connectivity index (χ3n) is 3.80. The van der Waals surface area contributed by atoms with Crippen molar-refractivity contribution in [3.8, 4) is 0 Å². The molecule has 0 radical (unpaired) electrons. The second kappa shape index (κ2) is 5.87. The Morgan fingerprint density at radius 2 is 1.68 bits per heavy atom. The van der Waals surface area contributed by atoms with Crippen molar-refractivity contribution in [1.29, 1.82) is 0 Å². The predicted octanol–water partition coefficient (Wildman–Crippen LogP) is 3.24. The van der Waals surface area contributed by atoms with Gasteiger partial charge in [0.15, 0.2) is 15.6 Å². The van der Waals surface area contributed by atoms with Crippen LogP contribution in [0, 0.1) is 5.92 Å². The molecule has 1 fully saturated rings. The van der Waals surface area contributed by atoms with Gasteiger partial charge in [-0.25, -0.2) is 8.42 Å². The smallest absolute Gasteiger partial charge is 0.175 e. The van der Waals surface area contributed by atoms with Gasteiger partial charge in [0.25, 0.3) is 0 Å². The Morgan fingerprint density at radius 3 is 2.21 bits per heavy atom. The van der Waals surface area contributed by atoms with Gasteiger partial charge in [0, 0.05) is 18.2 Å². The summed E-state index contributed by atoms with van der Waals surface area (Å²) >= 11 is 0. The summed E-state index contributed by atoms with van der Waals surface area (Å²) in [6.07, 6.45) is 7.80. The largest absolute Gasteiger partial charge is 0.294 e. The highest BCUT2D eigenvalue weighted by Crippen LogP contribution is 2.27. The SMILES string of the molecule is CS(=O)(=O)c1ccc(C(=O)CC2CCCCC2)cc1. The van der Waals surface area contributed by atoms with E-state index in [-0.39, 0.29) is 10.7 Å². The number of hydrogen-bond acceptors (Lipinski definition) is 3. The summed E-state index contributed by atoms with van der Waals surface area (Å²) in [6.45, 7) is 0. The number of Topliss-reactive ketones (excluding diaryl/α,β-unsaturated/α-hetero) is 1. The number of carbonyl (C=O) groups excluding carboxylic acids is 1. The van der Waals surface area contributed by atoms with Crippen LogP contribution in [-0.2, 0) is 9.84 Å². The first-order valence-corrected chi connectivity index (χ1v) is 8.69. The van der Waals surface area contributed by atoms with Gasteiger partial charge in [-0.15, -0.1) is 0 Å². The lowest BCUT2D eigenvalue weighted by Gasteiger charge is -2.20. The molecule has 0 heterocycles. The summed E-state index contributed by atoms with van der Waals surface area (Å²) in [5.41, 5.74) is 0.623. The number of rotatable bonds is 4. The third kappa shape index (κ3) is 3.90. The van der Waals surface area contributed by atoms with Gasteiger partial charge in [-0.05, 0) is 18.1 Å². The van der Waals surface area contributed by atoms with E-state index in [1.165, 1.54) is 37.7 Å². The van der Waals surface area contributed by atoms with Gasteiger partial charge in [-0.3, -0.25) is 4.79 Å². The van der Waals surface area contributed by atoms with E-state index in [2.05, 4.69) is 0 Å². The van der Waals surface area contributed by atoms with Crippen LogP contribution < -0.4 is 0 Å². The van der Waals surface area contributed by atoms with Gasteiger partial charge < -0.3 is 0 Å². The standard InChI is InChI=1S/C15H20O3S/c1-19(17,18)14-9-7-13(8-10-14)15(16)11-12-5-3-2-4-6-12/h7-10,12H,2-6,11H2,1H3. The number of hydrogen-bond donors (Lipinski definition) is 0. The molecule has 3 nitrogen and oxygen atoms in total. The van der Waals surface area contributed by atoms with Crippen LogP contribution in [0.5, 0.6) is 0 Å².